The van der Waals surface area contributed by atoms with Crippen LogP contribution >= 0.6 is 0 Å². The fourth-order valence-electron chi connectivity index (χ4n) is 3.69. The molecule has 0 fully saturated rings. The summed E-state index contributed by atoms with van der Waals surface area (Å²) in [6.07, 6.45) is 0. The highest BCUT2D eigenvalue weighted by Crippen LogP contribution is 2.44. The summed E-state index contributed by atoms with van der Waals surface area (Å²) in [5, 5.41) is 10.7. The maximum absolute atomic E-state index is 14.0. The number of carbonyl (C=O) groups is 1. The van der Waals surface area contributed by atoms with Gasteiger partial charge in [-0.25, -0.2) is 8.78 Å². The van der Waals surface area contributed by atoms with Crippen LogP contribution in [0.25, 0.3) is 5.57 Å². The number of halogens is 2. The minimum atomic E-state index is -1.01. The van der Waals surface area contributed by atoms with Gasteiger partial charge in [0.15, 0.2) is 17.4 Å². The molecule has 1 unspecified atom stereocenters. The molecule has 4 nitrogen and oxygen atoms in total. The Kier molecular flexibility index (Phi) is 5.23. The Morgan fingerprint density at radius 1 is 0.967 bits per heavy atom. The SMILES string of the molecule is COc1ccc(C2=C(O)C(=O)N(Cc3ccccc3)C2c2ccc(F)c(F)c2)cc1. The average molecular weight is 407 g/mol. The van der Waals surface area contributed by atoms with Crippen LogP contribution in [0.4, 0.5) is 8.78 Å². The van der Waals surface area contributed by atoms with Crippen molar-refractivity contribution in [1.82, 2.24) is 4.90 Å². The average Bonchev–Trinajstić information content (AvgIpc) is 3.01. The molecule has 0 bridgehead atoms. The molecule has 0 saturated heterocycles. The zero-order valence-corrected chi connectivity index (χ0v) is 16.2. The Labute approximate surface area is 172 Å². The van der Waals surface area contributed by atoms with Gasteiger partial charge in [0.1, 0.15) is 5.75 Å². The second-order valence-electron chi connectivity index (χ2n) is 6.99. The van der Waals surface area contributed by atoms with Gasteiger partial charge in [-0.15, -0.1) is 0 Å². The first kappa shape index (κ1) is 19.6. The van der Waals surface area contributed by atoms with Gasteiger partial charge in [-0.3, -0.25) is 4.79 Å². The molecule has 0 aromatic heterocycles. The molecular formula is C24H19F2NO3. The van der Waals surface area contributed by atoms with Gasteiger partial charge in [0, 0.05) is 12.1 Å². The van der Waals surface area contributed by atoms with Gasteiger partial charge in [0.05, 0.1) is 13.2 Å². The number of methoxy groups -OCH3 is 1. The number of benzene rings is 3. The smallest absolute Gasteiger partial charge is 0.290 e. The Morgan fingerprint density at radius 2 is 1.67 bits per heavy atom. The largest absolute Gasteiger partial charge is 0.503 e. The predicted molar refractivity (Wildman–Crippen MR) is 109 cm³/mol. The van der Waals surface area contributed by atoms with Crippen LogP contribution in [0.5, 0.6) is 5.75 Å². The first-order valence-electron chi connectivity index (χ1n) is 9.37. The highest BCUT2D eigenvalue weighted by atomic mass is 19.2. The Hall–Kier alpha value is -3.67. The number of nitrogens with zero attached hydrogens (tertiary/aromatic N) is 1. The molecule has 4 rings (SSSR count). The van der Waals surface area contributed by atoms with E-state index in [0.717, 1.165) is 17.7 Å². The number of aliphatic hydroxyl groups is 1. The summed E-state index contributed by atoms with van der Waals surface area (Å²) in [6.45, 7) is 0.201. The van der Waals surface area contributed by atoms with Crippen LogP contribution in [0, 0.1) is 11.6 Å². The number of amides is 1. The lowest BCUT2D eigenvalue weighted by Gasteiger charge is -2.27. The summed E-state index contributed by atoms with van der Waals surface area (Å²) in [5.74, 6) is -2.35. The quantitative estimate of drug-likeness (QED) is 0.646. The first-order valence-corrected chi connectivity index (χ1v) is 9.37. The zero-order chi connectivity index (χ0) is 21.3. The summed E-state index contributed by atoms with van der Waals surface area (Å²) in [5.41, 5.74) is 2.15. The van der Waals surface area contributed by atoms with Crippen LogP contribution in [-0.4, -0.2) is 23.0 Å². The van der Waals surface area contributed by atoms with Crippen LogP contribution in [0.1, 0.15) is 22.7 Å². The fraction of sp³-hybridized carbons (Fsp3) is 0.125. The molecule has 1 amide bonds. The predicted octanol–water partition coefficient (Wildman–Crippen LogP) is 5.03. The summed E-state index contributed by atoms with van der Waals surface area (Å²) in [6, 6.07) is 18.9. The van der Waals surface area contributed by atoms with Crippen molar-refractivity contribution in [2.24, 2.45) is 0 Å². The van der Waals surface area contributed by atoms with E-state index in [1.165, 1.54) is 18.1 Å². The van der Waals surface area contributed by atoms with E-state index < -0.39 is 29.3 Å². The molecule has 6 heteroatoms. The maximum atomic E-state index is 14.0. The molecular weight excluding hydrogens is 388 g/mol. The van der Waals surface area contributed by atoms with Crippen molar-refractivity contribution in [1.29, 1.82) is 0 Å². The lowest BCUT2D eigenvalue weighted by atomic mass is 9.93. The summed E-state index contributed by atoms with van der Waals surface area (Å²) < 4.78 is 32.8. The summed E-state index contributed by atoms with van der Waals surface area (Å²) in [7, 11) is 1.54. The molecule has 0 spiro atoms. The molecule has 30 heavy (non-hydrogen) atoms. The minimum Gasteiger partial charge on any atom is -0.503 e. The van der Waals surface area contributed by atoms with E-state index >= 15 is 0 Å². The highest BCUT2D eigenvalue weighted by molar-refractivity contribution is 6.05. The Morgan fingerprint density at radius 3 is 2.30 bits per heavy atom. The highest BCUT2D eigenvalue weighted by Gasteiger charge is 2.41. The molecule has 0 aliphatic carbocycles. The third kappa shape index (κ3) is 3.52. The molecule has 1 atom stereocenters. The van der Waals surface area contributed by atoms with Crippen molar-refractivity contribution >= 4 is 11.5 Å². The van der Waals surface area contributed by atoms with Gasteiger partial charge in [-0.1, -0.05) is 48.5 Å². The molecule has 1 aliphatic heterocycles. The van der Waals surface area contributed by atoms with Crippen LogP contribution in [0.15, 0.2) is 78.6 Å². The molecule has 1 heterocycles. The Bertz CT molecular complexity index is 1110. The topological polar surface area (TPSA) is 49.8 Å². The number of rotatable bonds is 5. The molecule has 0 saturated carbocycles. The molecule has 152 valence electrons. The molecule has 3 aromatic rings. The van der Waals surface area contributed by atoms with Crippen LogP contribution in [-0.2, 0) is 11.3 Å². The van der Waals surface area contributed by atoms with Crippen molar-refractivity contribution in [3.8, 4) is 5.75 Å². The van der Waals surface area contributed by atoms with Crippen molar-refractivity contribution in [2.45, 2.75) is 12.6 Å². The van der Waals surface area contributed by atoms with Crippen molar-refractivity contribution in [3.05, 3.63) is 107 Å². The van der Waals surface area contributed by atoms with E-state index in [-0.39, 0.29) is 6.54 Å². The van der Waals surface area contributed by atoms with Crippen LogP contribution < -0.4 is 4.74 Å². The van der Waals surface area contributed by atoms with E-state index in [0.29, 0.717) is 22.4 Å². The van der Waals surface area contributed by atoms with E-state index in [4.69, 9.17) is 4.74 Å². The number of hydrogen-bond donors (Lipinski definition) is 1. The number of aliphatic hydroxyl groups excluding tert-OH is 1. The van der Waals surface area contributed by atoms with Gasteiger partial charge in [-0.05, 0) is 41.0 Å². The third-order valence-electron chi connectivity index (χ3n) is 5.16. The Balaban J connectivity index is 1.83. The van der Waals surface area contributed by atoms with Gasteiger partial charge in [0.2, 0.25) is 0 Å². The minimum absolute atomic E-state index is 0.201. The van der Waals surface area contributed by atoms with Gasteiger partial charge >= 0.3 is 0 Å². The lowest BCUT2D eigenvalue weighted by Crippen LogP contribution is -2.30. The van der Waals surface area contributed by atoms with Crippen LogP contribution in [0.3, 0.4) is 0 Å². The van der Waals surface area contributed by atoms with Crippen LogP contribution in [0.2, 0.25) is 0 Å². The number of carbonyl (C=O) groups excluding carboxylic acids is 1. The number of hydrogen-bond acceptors (Lipinski definition) is 3. The lowest BCUT2D eigenvalue weighted by molar-refractivity contribution is -0.130. The standard InChI is InChI=1S/C24H19F2NO3/c1-30-18-10-7-16(8-11-18)21-22(17-9-12-19(25)20(26)13-17)27(24(29)23(21)28)14-15-5-3-2-4-6-15/h2-13,22,28H,14H2,1H3. The van der Waals surface area contributed by atoms with Crippen molar-refractivity contribution in [3.63, 3.8) is 0 Å². The van der Waals surface area contributed by atoms with Crippen molar-refractivity contribution in [2.75, 3.05) is 7.11 Å². The van der Waals surface area contributed by atoms with E-state index in [9.17, 15) is 18.7 Å². The monoisotopic (exact) mass is 407 g/mol. The van der Waals surface area contributed by atoms with Crippen molar-refractivity contribution < 1.29 is 23.4 Å². The first-order chi connectivity index (χ1) is 14.5. The zero-order valence-electron chi connectivity index (χ0n) is 16.2. The molecule has 1 aliphatic rings. The summed E-state index contributed by atoms with van der Waals surface area (Å²) >= 11 is 0. The fourth-order valence-corrected chi connectivity index (χ4v) is 3.69. The van der Waals surface area contributed by atoms with Gasteiger partial charge in [-0.2, -0.15) is 0 Å². The third-order valence-corrected chi connectivity index (χ3v) is 5.16. The molecule has 0 radical (unpaired) electrons. The molecule has 1 N–H and O–H groups in total. The summed E-state index contributed by atoms with van der Waals surface area (Å²) in [4.78, 5) is 14.4. The maximum Gasteiger partial charge on any atom is 0.290 e. The van der Waals surface area contributed by atoms with E-state index in [1.54, 1.807) is 24.3 Å². The number of ether oxygens (including phenoxy) is 1. The second-order valence-corrected chi connectivity index (χ2v) is 6.99. The van der Waals surface area contributed by atoms with Gasteiger partial charge < -0.3 is 14.7 Å². The molecule has 3 aromatic carbocycles. The van der Waals surface area contributed by atoms with E-state index in [2.05, 4.69) is 0 Å². The second kappa shape index (κ2) is 7.99. The van der Waals surface area contributed by atoms with E-state index in [1.807, 2.05) is 30.3 Å². The normalized spacial score (nSPS) is 16.3. The van der Waals surface area contributed by atoms with Gasteiger partial charge in [0.25, 0.3) is 5.91 Å².